The third-order valence-electron chi connectivity index (χ3n) is 3.92. The van der Waals surface area contributed by atoms with Gasteiger partial charge in [-0.3, -0.25) is 0 Å². The number of methoxy groups -OCH3 is 2. The lowest BCUT2D eigenvalue weighted by Gasteiger charge is -2.08. The molecule has 3 aromatic rings. The van der Waals surface area contributed by atoms with Gasteiger partial charge in [0.1, 0.15) is 16.3 Å². The molecule has 0 aliphatic heterocycles. The second-order valence-electron chi connectivity index (χ2n) is 5.74. The number of hydrogen-bond donors (Lipinski definition) is 0. The van der Waals surface area contributed by atoms with E-state index in [4.69, 9.17) is 9.47 Å². The van der Waals surface area contributed by atoms with Crippen LogP contribution in [0, 0.1) is 0 Å². The van der Waals surface area contributed by atoms with Gasteiger partial charge < -0.3 is 9.47 Å². The molecular weight excluding hydrogens is 392 g/mol. The van der Waals surface area contributed by atoms with Crippen molar-refractivity contribution in [3.8, 4) is 10.7 Å². The smallest absolute Gasteiger partial charge is 0.341 e. The van der Waals surface area contributed by atoms with Crippen LogP contribution in [0.1, 0.15) is 28.8 Å². The molecule has 7 heteroatoms. The minimum atomic E-state index is -0.450. The Hall–Kier alpha value is -2.77. The van der Waals surface area contributed by atoms with Crippen LogP contribution in [-0.4, -0.2) is 30.2 Å². The number of thiazole rings is 2. The molecule has 0 spiro atoms. The Bertz CT molecular complexity index is 1020. The summed E-state index contributed by atoms with van der Waals surface area (Å²) in [5.41, 5.74) is 3.72. The Balaban J connectivity index is 1.87. The Morgan fingerprint density at radius 1 is 1.11 bits per heavy atom. The zero-order chi connectivity index (χ0) is 19.9. The number of esters is 1. The first kappa shape index (κ1) is 20.0. The molecule has 2 heterocycles. The number of hydrogen-bond acceptors (Lipinski definition) is 7. The first-order chi connectivity index (χ1) is 13.7. The van der Waals surface area contributed by atoms with E-state index < -0.39 is 5.97 Å². The van der Waals surface area contributed by atoms with E-state index in [1.165, 1.54) is 20.5 Å². The van der Waals surface area contributed by atoms with Crippen molar-refractivity contribution < 1.29 is 14.3 Å². The minimum Gasteiger partial charge on any atom is -0.503 e. The molecule has 3 rings (SSSR count). The van der Waals surface area contributed by atoms with Gasteiger partial charge in [0.2, 0.25) is 0 Å². The van der Waals surface area contributed by atoms with Gasteiger partial charge in [-0.1, -0.05) is 37.3 Å². The average Bonchev–Trinajstić information content (AvgIpc) is 3.39. The van der Waals surface area contributed by atoms with Gasteiger partial charge in [-0.25, -0.2) is 14.8 Å². The van der Waals surface area contributed by atoms with Gasteiger partial charge in [0, 0.05) is 10.8 Å². The van der Waals surface area contributed by atoms with Gasteiger partial charge >= 0.3 is 5.97 Å². The molecule has 0 amide bonds. The van der Waals surface area contributed by atoms with Gasteiger partial charge in [0.25, 0.3) is 0 Å². The number of ether oxygens (including phenoxy) is 2. The normalized spacial score (nSPS) is 11.8. The third kappa shape index (κ3) is 4.55. The quantitative estimate of drug-likeness (QED) is 0.305. The highest BCUT2D eigenvalue weighted by atomic mass is 32.1. The summed E-state index contributed by atoms with van der Waals surface area (Å²) >= 11 is 3.22. The molecule has 144 valence electrons. The van der Waals surface area contributed by atoms with E-state index in [9.17, 15) is 4.79 Å². The second-order valence-corrected chi connectivity index (χ2v) is 7.54. The highest BCUT2D eigenvalue weighted by Crippen LogP contribution is 2.27. The number of benzene rings is 1. The van der Waals surface area contributed by atoms with Gasteiger partial charge in [-0.05, 0) is 23.6 Å². The van der Waals surface area contributed by atoms with Crippen molar-refractivity contribution in [2.24, 2.45) is 0 Å². The molecule has 0 fully saturated rings. The summed E-state index contributed by atoms with van der Waals surface area (Å²) in [6, 6.07) is 7.57. The van der Waals surface area contributed by atoms with E-state index in [0.717, 1.165) is 39.0 Å². The van der Waals surface area contributed by atoms with Crippen molar-refractivity contribution in [3.63, 3.8) is 0 Å². The summed E-state index contributed by atoms with van der Waals surface area (Å²) < 4.78 is 9.93. The number of rotatable bonds is 7. The second kappa shape index (κ2) is 9.43. The average molecular weight is 413 g/mol. The molecule has 0 saturated heterocycles. The molecule has 2 aromatic heterocycles. The van der Waals surface area contributed by atoms with Crippen LogP contribution < -0.4 is 0 Å². The summed E-state index contributed by atoms with van der Waals surface area (Å²) in [5, 5.41) is 6.04. The van der Waals surface area contributed by atoms with Crippen molar-refractivity contribution >= 4 is 46.4 Å². The topological polar surface area (TPSA) is 61.3 Å². The number of carbonyl (C=O) groups excluding carboxylic acids is 1. The molecule has 0 aliphatic rings. The molecule has 0 N–H and O–H groups in total. The molecule has 1 aromatic carbocycles. The first-order valence-electron chi connectivity index (χ1n) is 8.65. The predicted molar refractivity (Wildman–Crippen MR) is 115 cm³/mol. The fourth-order valence-electron chi connectivity index (χ4n) is 2.56. The summed E-state index contributed by atoms with van der Waals surface area (Å²) in [5.74, 6) is -0.450. The molecule has 0 bridgehead atoms. The molecule has 0 aliphatic carbocycles. The van der Waals surface area contributed by atoms with Crippen molar-refractivity contribution in [1.82, 2.24) is 9.97 Å². The summed E-state index contributed by atoms with van der Waals surface area (Å²) in [7, 11) is 2.85. The fourth-order valence-corrected chi connectivity index (χ4v) is 4.12. The van der Waals surface area contributed by atoms with Crippen molar-refractivity contribution in [1.29, 1.82) is 0 Å². The lowest BCUT2D eigenvalue weighted by molar-refractivity contribution is -0.133. The van der Waals surface area contributed by atoms with Crippen LogP contribution >= 0.6 is 22.7 Å². The Morgan fingerprint density at radius 3 is 2.64 bits per heavy atom. The number of aryl methyl sites for hydroxylation is 1. The molecule has 5 nitrogen and oxygen atoms in total. The molecule has 0 atom stereocenters. The van der Waals surface area contributed by atoms with Crippen molar-refractivity contribution in [3.05, 3.63) is 63.1 Å². The first-order valence-corrected chi connectivity index (χ1v) is 10.4. The Morgan fingerprint density at radius 2 is 1.93 bits per heavy atom. The van der Waals surface area contributed by atoms with Gasteiger partial charge in [0.15, 0.2) is 0 Å². The van der Waals surface area contributed by atoms with Crippen LogP contribution in [0.4, 0.5) is 0 Å². The number of carbonyl (C=O) groups is 1. The van der Waals surface area contributed by atoms with Crippen molar-refractivity contribution in [2.45, 2.75) is 13.3 Å². The van der Waals surface area contributed by atoms with E-state index in [0.29, 0.717) is 5.57 Å². The highest BCUT2D eigenvalue weighted by molar-refractivity contribution is 7.14. The summed E-state index contributed by atoms with van der Waals surface area (Å²) in [6.07, 6.45) is 6.18. The van der Waals surface area contributed by atoms with E-state index in [2.05, 4.69) is 16.9 Å². The lowest BCUT2D eigenvalue weighted by Crippen LogP contribution is -2.05. The molecule has 0 saturated carbocycles. The van der Waals surface area contributed by atoms with Crippen LogP contribution in [0.3, 0.4) is 0 Å². The van der Waals surface area contributed by atoms with E-state index in [1.807, 2.05) is 47.2 Å². The predicted octanol–water partition coefficient (Wildman–Crippen LogP) is 5.16. The van der Waals surface area contributed by atoms with Crippen LogP contribution in [0.25, 0.3) is 28.4 Å². The third-order valence-corrected chi connectivity index (χ3v) is 5.80. The Kier molecular flexibility index (Phi) is 6.73. The molecule has 28 heavy (non-hydrogen) atoms. The van der Waals surface area contributed by atoms with Gasteiger partial charge in [-0.2, -0.15) is 0 Å². The molecular formula is C21H20N2O3S2. The largest absolute Gasteiger partial charge is 0.503 e. The van der Waals surface area contributed by atoms with Crippen LogP contribution in [0.15, 0.2) is 41.3 Å². The summed E-state index contributed by atoms with van der Waals surface area (Å²) in [6.45, 7) is 2.09. The number of nitrogens with zero attached hydrogens (tertiary/aromatic N) is 2. The molecule has 0 unspecified atom stereocenters. The lowest BCUT2D eigenvalue weighted by atomic mass is 10.00. The maximum absolute atomic E-state index is 12.1. The summed E-state index contributed by atoms with van der Waals surface area (Å²) in [4.78, 5) is 21.3. The molecule has 0 radical (unpaired) electrons. The van der Waals surface area contributed by atoms with Crippen molar-refractivity contribution in [2.75, 3.05) is 14.2 Å². The standard InChI is InChI=1S/C21H20N2O3S2/c1-4-19-23-18(13-27-19)20-22-15(12-28-20)10-9-14-7-5-6-8-16(14)17(11-25-2)21(24)26-3/h5-13H,4H2,1-3H3/b10-9+,17-11+. The number of aromatic nitrogens is 2. The zero-order valence-electron chi connectivity index (χ0n) is 15.8. The van der Waals surface area contributed by atoms with Gasteiger partial charge in [-0.15, -0.1) is 22.7 Å². The van der Waals surface area contributed by atoms with Crippen LogP contribution in [-0.2, 0) is 20.7 Å². The van der Waals surface area contributed by atoms with E-state index in [1.54, 1.807) is 22.7 Å². The van der Waals surface area contributed by atoms with E-state index >= 15 is 0 Å². The maximum Gasteiger partial charge on any atom is 0.341 e. The Labute approximate surface area is 172 Å². The minimum absolute atomic E-state index is 0.360. The zero-order valence-corrected chi connectivity index (χ0v) is 17.5. The SMILES string of the molecule is CCc1nc(-c2nc(/C=C/c3ccccc3/C(=C\OC)C(=O)OC)cs2)cs1. The fraction of sp³-hybridized carbons (Fsp3) is 0.190. The van der Waals surface area contributed by atoms with E-state index in [-0.39, 0.29) is 0 Å². The van der Waals surface area contributed by atoms with Gasteiger partial charge in [0.05, 0.1) is 31.2 Å². The monoisotopic (exact) mass is 412 g/mol. The maximum atomic E-state index is 12.1. The van der Waals surface area contributed by atoms with Crippen LogP contribution in [0.5, 0.6) is 0 Å². The van der Waals surface area contributed by atoms with Crippen LogP contribution in [0.2, 0.25) is 0 Å². The highest BCUT2D eigenvalue weighted by Gasteiger charge is 2.15.